The molecule has 0 aliphatic heterocycles. The summed E-state index contributed by atoms with van der Waals surface area (Å²) in [5.41, 5.74) is 6.59. The molecule has 0 saturated heterocycles. The molecule has 1 aromatic rings. The highest BCUT2D eigenvalue weighted by molar-refractivity contribution is 7.99. The number of hydrogen-bond donors (Lipinski definition) is 2. The Labute approximate surface area is 93.7 Å². The second-order valence-electron chi connectivity index (χ2n) is 3.40. The molecule has 3 N–H and O–H groups in total. The Morgan fingerprint density at radius 2 is 2.27 bits per heavy atom. The number of benzene rings is 1. The van der Waals surface area contributed by atoms with Crippen LogP contribution in [0.4, 0.5) is 4.39 Å². The van der Waals surface area contributed by atoms with Crippen LogP contribution in [0.3, 0.4) is 0 Å². The quantitative estimate of drug-likeness (QED) is 0.601. The van der Waals surface area contributed by atoms with Gasteiger partial charge in [0.2, 0.25) is 0 Å². The second kappa shape index (κ2) is 6.10. The molecule has 4 heteroatoms. The lowest BCUT2D eigenvalue weighted by Gasteiger charge is -2.12. The molecule has 1 aromatic carbocycles. The molecule has 0 aromatic heterocycles. The second-order valence-corrected chi connectivity index (χ2v) is 4.53. The first-order valence-electron chi connectivity index (χ1n) is 4.94. The first-order valence-corrected chi connectivity index (χ1v) is 5.92. The summed E-state index contributed by atoms with van der Waals surface area (Å²) in [5.74, 6) is 0.566. The number of nitrogens with two attached hydrogens (primary N) is 1. The van der Waals surface area contributed by atoms with E-state index in [9.17, 15) is 4.39 Å². The topological polar surface area (TPSA) is 46.2 Å². The van der Waals surface area contributed by atoms with Crippen LogP contribution in [0.25, 0.3) is 0 Å². The highest BCUT2D eigenvalue weighted by Crippen LogP contribution is 2.27. The van der Waals surface area contributed by atoms with Crippen molar-refractivity contribution in [1.29, 1.82) is 0 Å². The third-order valence-electron chi connectivity index (χ3n) is 2.02. The van der Waals surface area contributed by atoms with Gasteiger partial charge in [0.25, 0.3) is 0 Å². The van der Waals surface area contributed by atoms with Gasteiger partial charge in [-0.25, -0.2) is 4.39 Å². The molecule has 2 nitrogen and oxygen atoms in total. The first-order chi connectivity index (χ1) is 7.15. The van der Waals surface area contributed by atoms with E-state index in [0.29, 0.717) is 0 Å². The van der Waals surface area contributed by atoms with E-state index in [0.717, 1.165) is 22.6 Å². The maximum atomic E-state index is 13.0. The molecule has 0 saturated carbocycles. The summed E-state index contributed by atoms with van der Waals surface area (Å²) in [7, 11) is 0. The lowest BCUT2D eigenvalue weighted by Crippen LogP contribution is -2.07. The zero-order chi connectivity index (χ0) is 11.3. The zero-order valence-corrected chi connectivity index (χ0v) is 9.56. The molecule has 1 rings (SSSR count). The van der Waals surface area contributed by atoms with Crippen LogP contribution in [0.15, 0.2) is 23.1 Å². The molecule has 1 atom stereocenters. The van der Waals surface area contributed by atoms with E-state index in [2.05, 4.69) is 0 Å². The molecule has 0 radical (unpaired) electrons. The van der Waals surface area contributed by atoms with Gasteiger partial charge >= 0.3 is 0 Å². The van der Waals surface area contributed by atoms with Crippen molar-refractivity contribution in [3.63, 3.8) is 0 Å². The molecule has 0 heterocycles. The minimum Gasteiger partial charge on any atom is -0.396 e. The van der Waals surface area contributed by atoms with Gasteiger partial charge in [0, 0.05) is 23.3 Å². The van der Waals surface area contributed by atoms with Crippen LogP contribution >= 0.6 is 11.8 Å². The van der Waals surface area contributed by atoms with E-state index in [1.54, 1.807) is 17.8 Å². The molecule has 0 aliphatic rings. The lowest BCUT2D eigenvalue weighted by molar-refractivity contribution is 0.296. The van der Waals surface area contributed by atoms with Crippen molar-refractivity contribution < 1.29 is 9.50 Å². The van der Waals surface area contributed by atoms with Crippen LogP contribution in [-0.4, -0.2) is 17.5 Å². The molecular formula is C11H16FNOS. The van der Waals surface area contributed by atoms with Gasteiger partial charge in [-0.05, 0) is 37.1 Å². The normalized spacial score (nSPS) is 12.8. The Morgan fingerprint density at radius 3 is 2.87 bits per heavy atom. The van der Waals surface area contributed by atoms with Gasteiger partial charge in [0.1, 0.15) is 5.82 Å². The average molecular weight is 229 g/mol. The monoisotopic (exact) mass is 229 g/mol. The SMILES string of the molecule is C[C@H](N)c1cc(F)ccc1SCCCO. The molecule has 15 heavy (non-hydrogen) atoms. The number of halogens is 1. The molecule has 0 amide bonds. The van der Waals surface area contributed by atoms with E-state index in [1.165, 1.54) is 12.1 Å². The minimum absolute atomic E-state index is 0.169. The van der Waals surface area contributed by atoms with Gasteiger partial charge in [0.15, 0.2) is 0 Å². The highest BCUT2D eigenvalue weighted by Gasteiger charge is 2.08. The Morgan fingerprint density at radius 1 is 1.53 bits per heavy atom. The summed E-state index contributed by atoms with van der Waals surface area (Å²) in [5, 5.41) is 8.67. The van der Waals surface area contributed by atoms with E-state index in [1.807, 2.05) is 6.92 Å². The molecule has 0 unspecified atom stereocenters. The van der Waals surface area contributed by atoms with Crippen LogP contribution in [0.1, 0.15) is 24.9 Å². The first kappa shape index (κ1) is 12.5. The van der Waals surface area contributed by atoms with Crippen molar-refractivity contribution in [1.82, 2.24) is 0 Å². The van der Waals surface area contributed by atoms with Crippen molar-refractivity contribution in [3.8, 4) is 0 Å². The zero-order valence-electron chi connectivity index (χ0n) is 8.74. The Kier molecular flexibility index (Phi) is 5.08. The summed E-state index contributed by atoms with van der Waals surface area (Å²) in [6.07, 6.45) is 0.737. The summed E-state index contributed by atoms with van der Waals surface area (Å²) in [4.78, 5) is 1.000. The smallest absolute Gasteiger partial charge is 0.123 e. The van der Waals surface area contributed by atoms with Gasteiger partial charge in [-0.15, -0.1) is 11.8 Å². The van der Waals surface area contributed by atoms with Crippen molar-refractivity contribution in [2.24, 2.45) is 5.73 Å². The maximum Gasteiger partial charge on any atom is 0.123 e. The van der Waals surface area contributed by atoms with Crippen LogP contribution in [0.2, 0.25) is 0 Å². The predicted molar refractivity (Wildman–Crippen MR) is 61.4 cm³/mol. The van der Waals surface area contributed by atoms with Gasteiger partial charge in [0.05, 0.1) is 0 Å². The van der Waals surface area contributed by atoms with Crippen molar-refractivity contribution in [2.75, 3.05) is 12.4 Å². The van der Waals surface area contributed by atoms with Crippen LogP contribution < -0.4 is 5.73 Å². The molecule has 0 spiro atoms. The Balaban J connectivity index is 2.77. The van der Waals surface area contributed by atoms with E-state index in [-0.39, 0.29) is 18.5 Å². The number of hydrogen-bond acceptors (Lipinski definition) is 3. The highest BCUT2D eigenvalue weighted by atomic mass is 32.2. The fourth-order valence-corrected chi connectivity index (χ4v) is 2.32. The summed E-state index contributed by atoms with van der Waals surface area (Å²) in [6, 6.07) is 4.49. The van der Waals surface area contributed by atoms with E-state index >= 15 is 0 Å². The number of aliphatic hydroxyl groups excluding tert-OH is 1. The summed E-state index contributed by atoms with van der Waals surface area (Å²) < 4.78 is 13.0. The fraction of sp³-hybridized carbons (Fsp3) is 0.455. The molecular weight excluding hydrogens is 213 g/mol. The number of aliphatic hydroxyl groups is 1. The third kappa shape index (κ3) is 3.81. The van der Waals surface area contributed by atoms with Gasteiger partial charge in [-0.3, -0.25) is 0 Å². The Bertz CT molecular complexity index is 317. The van der Waals surface area contributed by atoms with Gasteiger partial charge < -0.3 is 10.8 Å². The van der Waals surface area contributed by atoms with Crippen LogP contribution in [0.5, 0.6) is 0 Å². The predicted octanol–water partition coefficient (Wildman–Crippen LogP) is 2.32. The van der Waals surface area contributed by atoms with Crippen LogP contribution in [-0.2, 0) is 0 Å². The minimum atomic E-state index is -0.256. The summed E-state index contributed by atoms with van der Waals surface area (Å²) >= 11 is 1.60. The van der Waals surface area contributed by atoms with E-state index in [4.69, 9.17) is 10.8 Å². The van der Waals surface area contributed by atoms with Crippen molar-refractivity contribution in [3.05, 3.63) is 29.6 Å². The number of rotatable bonds is 5. The third-order valence-corrected chi connectivity index (χ3v) is 3.20. The van der Waals surface area contributed by atoms with Crippen molar-refractivity contribution >= 4 is 11.8 Å². The molecule has 0 aliphatic carbocycles. The van der Waals surface area contributed by atoms with E-state index < -0.39 is 0 Å². The van der Waals surface area contributed by atoms with Gasteiger partial charge in [-0.1, -0.05) is 0 Å². The standard InChI is InChI=1S/C11H16FNOS/c1-8(13)10-7-9(12)3-4-11(10)15-6-2-5-14/h3-4,7-8,14H,2,5-6,13H2,1H3/t8-/m0/s1. The molecule has 0 fully saturated rings. The average Bonchev–Trinajstić information content (AvgIpc) is 2.20. The fourth-order valence-electron chi connectivity index (χ4n) is 1.25. The lowest BCUT2D eigenvalue weighted by atomic mass is 10.1. The summed E-state index contributed by atoms with van der Waals surface area (Å²) in [6.45, 7) is 2.02. The largest absolute Gasteiger partial charge is 0.396 e. The molecule has 0 bridgehead atoms. The Hall–Kier alpha value is -0.580. The van der Waals surface area contributed by atoms with Crippen LogP contribution in [0, 0.1) is 5.82 Å². The number of thioether (sulfide) groups is 1. The van der Waals surface area contributed by atoms with Crippen molar-refractivity contribution in [2.45, 2.75) is 24.3 Å². The maximum absolute atomic E-state index is 13.0. The van der Waals surface area contributed by atoms with Gasteiger partial charge in [-0.2, -0.15) is 0 Å². The molecule has 84 valence electrons.